The Morgan fingerprint density at radius 3 is 2.50 bits per heavy atom. The van der Waals surface area contributed by atoms with Gasteiger partial charge in [0.25, 0.3) is 5.91 Å². The van der Waals surface area contributed by atoms with Crippen molar-refractivity contribution >= 4 is 11.6 Å². The molecule has 0 aliphatic rings. The van der Waals surface area contributed by atoms with E-state index in [9.17, 15) is 4.79 Å². The zero-order valence-electron chi connectivity index (χ0n) is 17.2. The molecule has 0 saturated heterocycles. The molecule has 2 N–H and O–H groups in total. The molecule has 0 saturated carbocycles. The minimum Gasteiger partial charge on any atom is -0.493 e. The molecule has 2 aromatic rings. The summed E-state index contributed by atoms with van der Waals surface area (Å²) < 4.78 is 11.1. The van der Waals surface area contributed by atoms with Crippen molar-refractivity contribution in [2.45, 2.75) is 19.9 Å². The normalized spacial score (nSPS) is 10.8. The number of ether oxygens (including phenoxy) is 2. The topological polar surface area (TPSA) is 62.8 Å². The lowest BCUT2D eigenvalue weighted by atomic mass is 10.2. The molecule has 6 nitrogen and oxygen atoms in total. The van der Waals surface area contributed by atoms with Crippen molar-refractivity contribution in [1.29, 1.82) is 0 Å². The number of carbonyl (C=O) groups excluding carboxylic acids is 1. The van der Waals surface area contributed by atoms with Crippen LogP contribution < -0.4 is 20.1 Å². The highest BCUT2D eigenvalue weighted by Gasteiger charge is 2.09. The number of aryl methyl sites for hydroxylation is 1. The second-order valence-electron chi connectivity index (χ2n) is 7.02. The predicted molar refractivity (Wildman–Crippen MR) is 113 cm³/mol. The lowest BCUT2D eigenvalue weighted by molar-refractivity contribution is -0.118. The summed E-state index contributed by atoms with van der Waals surface area (Å²) in [5, 5.41) is 6.24. The summed E-state index contributed by atoms with van der Waals surface area (Å²) in [6.45, 7) is 4.71. The first-order valence-electron chi connectivity index (χ1n) is 9.49. The van der Waals surface area contributed by atoms with Crippen LogP contribution in [-0.4, -0.2) is 51.7 Å². The van der Waals surface area contributed by atoms with Crippen LogP contribution in [0.15, 0.2) is 42.5 Å². The molecule has 0 atom stereocenters. The number of methoxy groups -OCH3 is 1. The zero-order valence-corrected chi connectivity index (χ0v) is 17.2. The number of amides is 1. The summed E-state index contributed by atoms with van der Waals surface area (Å²) in [6.07, 6.45) is 1.10. The lowest BCUT2D eigenvalue weighted by Gasteiger charge is -2.13. The molecule has 0 bridgehead atoms. The van der Waals surface area contributed by atoms with Crippen molar-refractivity contribution in [3.05, 3.63) is 53.6 Å². The van der Waals surface area contributed by atoms with Gasteiger partial charge in [0.05, 0.1) is 7.11 Å². The average Bonchev–Trinajstić information content (AvgIpc) is 2.68. The third-order valence-corrected chi connectivity index (χ3v) is 4.21. The first kappa shape index (κ1) is 21.7. The Morgan fingerprint density at radius 1 is 1.07 bits per heavy atom. The molecule has 2 aromatic carbocycles. The highest BCUT2D eigenvalue weighted by molar-refractivity contribution is 5.91. The van der Waals surface area contributed by atoms with Crippen LogP contribution >= 0.6 is 0 Å². The number of carbonyl (C=O) groups is 1. The van der Waals surface area contributed by atoms with E-state index in [4.69, 9.17) is 9.47 Å². The SMILES string of the molecule is COc1cc(CNCCCN(C)C)ccc1OCC(=O)Nc1ccc(C)cc1. The zero-order chi connectivity index (χ0) is 20.4. The fraction of sp³-hybridized carbons (Fsp3) is 0.409. The molecule has 0 aliphatic heterocycles. The van der Waals surface area contributed by atoms with Crippen molar-refractivity contribution in [2.24, 2.45) is 0 Å². The molecule has 0 aliphatic carbocycles. The summed E-state index contributed by atoms with van der Waals surface area (Å²) in [6, 6.07) is 13.4. The van der Waals surface area contributed by atoms with Crippen molar-refractivity contribution in [2.75, 3.05) is 46.2 Å². The molecule has 0 spiro atoms. The highest BCUT2D eigenvalue weighted by Crippen LogP contribution is 2.28. The Morgan fingerprint density at radius 2 is 1.82 bits per heavy atom. The maximum absolute atomic E-state index is 12.1. The van der Waals surface area contributed by atoms with Crippen molar-refractivity contribution < 1.29 is 14.3 Å². The third kappa shape index (κ3) is 7.58. The number of anilines is 1. The Kier molecular flexibility index (Phi) is 8.78. The molecule has 28 heavy (non-hydrogen) atoms. The van der Waals surface area contributed by atoms with Gasteiger partial charge in [0, 0.05) is 12.2 Å². The standard InChI is InChI=1S/C22H31N3O3/c1-17-6-9-19(10-7-17)24-22(26)16-28-20-11-8-18(14-21(20)27-4)15-23-12-5-13-25(2)3/h6-11,14,23H,5,12-13,15-16H2,1-4H3,(H,24,26). The minimum atomic E-state index is -0.211. The van der Waals surface area contributed by atoms with E-state index in [1.807, 2.05) is 49.4 Å². The second kappa shape index (κ2) is 11.3. The maximum atomic E-state index is 12.1. The highest BCUT2D eigenvalue weighted by atomic mass is 16.5. The molecule has 6 heteroatoms. The van der Waals surface area contributed by atoms with Crippen molar-refractivity contribution in [3.63, 3.8) is 0 Å². The first-order chi connectivity index (χ1) is 13.5. The lowest BCUT2D eigenvalue weighted by Crippen LogP contribution is -2.21. The van der Waals surface area contributed by atoms with Gasteiger partial charge in [0.2, 0.25) is 0 Å². The molecule has 0 radical (unpaired) electrons. The van der Waals surface area contributed by atoms with E-state index in [1.54, 1.807) is 7.11 Å². The fourth-order valence-corrected chi connectivity index (χ4v) is 2.67. The van der Waals surface area contributed by atoms with E-state index in [0.717, 1.165) is 42.9 Å². The van der Waals surface area contributed by atoms with Crippen LogP contribution in [0.3, 0.4) is 0 Å². The largest absolute Gasteiger partial charge is 0.493 e. The maximum Gasteiger partial charge on any atom is 0.262 e. The predicted octanol–water partition coefficient (Wildman–Crippen LogP) is 3.06. The number of rotatable bonds is 11. The van der Waals surface area contributed by atoms with Crippen LogP contribution in [0.25, 0.3) is 0 Å². The smallest absolute Gasteiger partial charge is 0.262 e. The van der Waals surface area contributed by atoms with Crippen LogP contribution in [0.5, 0.6) is 11.5 Å². The Hall–Kier alpha value is -2.57. The van der Waals surface area contributed by atoms with Crippen LogP contribution in [0.1, 0.15) is 17.5 Å². The second-order valence-corrected chi connectivity index (χ2v) is 7.02. The van der Waals surface area contributed by atoms with Gasteiger partial charge in [-0.15, -0.1) is 0 Å². The number of benzene rings is 2. The van der Waals surface area contributed by atoms with Crippen molar-refractivity contribution in [3.8, 4) is 11.5 Å². The summed E-state index contributed by atoms with van der Waals surface area (Å²) in [4.78, 5) is 14.3. The Balaban J connectivity index is 1.82. The Labute approximate surface area is 167 Å². The van der Waals surface area contributed by atoms with Gasteiger partial charge >= 0.3 is 0 Å². The molecule has 0 unspecified atom stereocenters. The van der Waals surface area contributed by atoms with Gasteiger partial charge in [-0.05, 0) is 70.4 Å². The molecule has 0 heterocycles. The first-order valence-corrected chi connectivity index (χ1v) is 9.49. The molecular formula is C22H31N3O3. The molecule has 2 rings (SSSR count). The van der Waals surface area contributed by atoms with Gasteiger partial charge in [-0.25, -0.2) is 0 Å². The third-order valence-electron chi connectivity index (χ3n) is 4.21. The minimum absolute atomic E-state index is 0.0770. The van der Waals surface area contributed by atoms with Gasteiger partial charge in [-0.3, -0.25) is 4.79 Å². The van der Waals surface area contributed by atoms with E-state index in [-0.39, 0.29) is 12.5 Å². The van der Waals surface area contributed by atoms with E-state index in [1.165, 1.54) is 0 Å². The fourth-order valence-electron chi connectivity index (χ4n) is 2.67. The van der Waals surface area contributed by atoms with E-state index in [0.29, 0.717) is 11.5 Å². The van der Waals surface area contributed by atoms with E-state index >= 15 is 0 Å². The quantitative estimate of drug-likeness (QED) is 0.582. The van der Waals surface area contributed by atoms with Gasteiger partial charge in [0.15, 0.2) is 18.1 Å². The summed E-state index contributed by atoms with van der Waals surface area (Å²) in [7, 11) is 5.75. The van der Waals surface area contributed by atoms with E-state index in [2.05, 4.69) is 29.6 Å². The number of hydrogen-bond acceptors (Lipinski definition) is 5. The van der Waals surface area contributed by atoms with Gasteiger partial charge < -0.3 is 25.0 Å². The summed E-state index contributed by atoms with van der Waals surface area (Å²) in [5.41, 5.74) is 3.01. The number of hydrogen-bond donors (Lipinski definition) is 2. The number of nitrogens with zero attached hydrogens (tertiary/aromatic N) is 1. The molecule has 0 fully saturated rings. The number of nitrogens with one attached hydrogen (secondary N) is 2. The molecule has 1 amide bonds. The van der Waals surface area contributed by atoms with Crippen LogP contribution in [0.4, 0.5) is 5.69 Å². The van der Waals surface area contributed by atoms with E-state index < -0.39 is 0 Å². The Bertz CT molecular complexity index is 745. The average molecular weight is 386 g/mol. The summed E-state index contributed by atoms with van der Waals surface area (Å²) >= 11 is 0. The molecule has 0 aromatic heterocycles. The van der Waals surface area contributed by atoms with Crippen molar-refractivity contribution in [1.82, 2.24) is 10.2 Å². The van der Waals surface area contributed by atoms with Crippen LogP contribution in [0, 0.1) is 6.92 Å². The molecular weight excluding hydrogens is 354 g/mol. The van der Waals surface area contributed by atoms with Crippen LogP contribution in [-0.2, 0) is 11.3 Å². The van der Waals surface area contributed by atoms with Gasteiger partial charge in [-0.1, -0.05) is 23.8 Å². The van der Waals surface area contributed by atoms with Gasteiger partial charge in [0.1, 0.15) is 0 Å². The molecule has 152 valence electrons. The van der Waals surface area contributed by atoms with Gasteiger partial charge in [-0.2, -0.15) is 0 Å². The monoisotopic (exact) mass is 385 g/mol. The van der Waals surface area contributed by atoms with Crippen LogP contribution in [0.2, 0.25) is 0 Å². The summed E-state index contributed by atoms with van der Waals surface area (Å²) in [5.74, 6) is 0.964.